The zero-order valence-electron chi connectivity index (χ0n) is 14.1. The van der Waals surface area contributed by atoms with Gasteiger partial charge < -0.3 is 10.1 Å². The molecule has 0 amide bonds. The first-order valence-electron chi connectivity index (χ1n) is 8.90. The van der Waals surface area contributed by atoms with Crippen LogP contribution in [-0.4, -0.2) is 24.3 Å². The Balaban J connectivity index is 1.94. The van der Waals surface area contributed by atoms with Crippen LogP contribution in [0.1, 0.15) is 79.1 Å². The van der Waals surface area contributed by atoms with Gasteiger partial charge >= 0.3 is 0 Å². The van der Waals surface area contributed by atoms with Gasteiger partial charge in [-0.1, -0.05) is 40.5 Å². The molecule has 1 N–H and O–H groups in total. The first-order chi connectivity index (χ1) is 9.49. The smallest absolute Gasteiger partial charge is 0.0810 e. The van der Waals surface area contributed by atoms with E-state index < -0.39 is 0 Å². The van der Waals surface area contributed by atoms with Crippen LogP contribution in [0.5, 0.6) is 0 Å². The largest absolute Gasteiger partial charge is 0.370 e. The van der Waals surface area contributed by atoms with Crippen LogP contribution in [0.15, 0.2) is 0 Å². The fourth-order valence-corrected chi connectivity index (χ4v) is 3.85. The van der Waals surface area contributed by atoms with E-state index in [0.717, 1.165) is 18.4 Å². The molecule has 2 fully saturated rings. The van der Waals surface area contributed by atoms with E-state index in [1.54, 1.807) is 0 Å². The van der Waals surface area contributed by atoms with E-state index in [2.05, 4.69) is 33.0 Å². The van der Waals surface area contributed by atoms with Crippen LogP contribution in [0, 0.1) is 11.8 Å². The van der Waals surface area contributed by atoms with Crippen molar-refractivity contribution in [2.75, 3.05) is 6.54 Å². The van der Waals surface area contributed by atoms with Crippen LogP contribution in [0.3, 0.4) is 0 Å². The van der Waals surface area contributed by atoms with Crippen molar-refractivity contribution in [1.29, 1.82) is 0 Å². The van der Waals surface area contributed by atoms with E-state index in [0.29, 0.717) is 12.1 Å². The zero-order valence-corrected chi connectivity index (χ0v) is 14.1. The molecule has 0 aromatic rings. The van der Waals surface area contributed by atoms with E-state index in [4.69, 9.17) is 4.74 Å². The molecule has 0 heterocycles. The monoisotopic (exact) mass is 281 g/mol. The Morgan fingerprint density at radius 1 is 1.05 bits per heavy atom. The topological polar surface area (TPSA) is 21.3 Å². The van der Waals surface area contributed by atoms with Gasteiger partial charge in [-0.25, -0.2) is 0 Å². The van der Waals surface area contributed by atoms with Gasteiger partial charge in [0.2, 0.25) is 0 Å². The molecule has 0 aromatic carbocycles. The van der Waals surface area contributed by atoms with Crippen molar-refractivity contribution in [3.8, 4) is 0 Å². The molecule has 2 rings (SSSR count). The second kappa shape index (κ2) is 7.26. The van der Waals surface area contributed by atoms with E-state index >= 15 is 0 Å². The quantitative estimate of drug-likeness (QED) is 0.799. The Hall–Kier alpha value is -0.0800. The predicted octanol–water partition coefficient (Wildman–Crippen LogP) is 4.53. The maximum Gasteiger partial charge on any atom is 0.0810 e. The normalized spacial score (nSPS) is 39.1. The van der Waals surface area contributed by atoms with Gasteiger partial charge in [0.05, 0.1) is 11.7 Å². The highest BCUT2D eigenvalue weighted by atomic mass is 16.5. The number of hydrogen-bond donors (Lipinski definition) is 1. The molecule has 2 atom stereocenters. The molecule has 0 radical (unpaired) electrons. The molecular weight excluding hydrogens is 246 g/mol. The Bertz CT molecular complexity index is 281. The molecule has 118 valence electrons. The molecule has 2 unspecified atom stereocenters. The second-order valence-corrected chi connectivity index (χ2v) is 7.91. The van der Waals surface area contributed by atoms with Gasteiger partial charge in [-0.15, -0.1) is 0 Å². The average Bonchev–Trinajstić information content (AvgIpc) is 2.40. The van der Waals surface area contributed by atoms with E-state index in [1.807, 2.05) is 0 Å². The van der Waals surface area contributed by atoms with Gasteiger partial charge in [0.15, 0.2) is 0 Å². The van der Waals surface area contributed by atoms with Crippen LogP contribution in [-0.2, 0) is 4.74 Å². The lowest BCUT2D eigenvalue weighted by Gasteiger charge is -2.44. The summed E-state index contributed by atoms with van der Waals surface area (Å²) < 4.78 is 6.73. The van der Waals surface area contributed by atoms with Crippen LogP contribution in [0.2, 0.25) is 0 Å². The van der Waals surface area contributed by atoms with E-state index in [9.17, 15) is 0 Å². The van der Waals surface area contributed by atoms with Crippen molar-refractivity contribution < 1.29 is 4.74 Å². The maximum absolute atomic E-state index is 6.73. The van der Waals surface area contributed by atoms with Crippen molar-refractivity contribution in [3.63, 3.8) is 0 Å². The molecule has 0 aliphatic heterocycles. The van der Waals surface area contributed by atoms with Crippen molar-refractivity contribution in [1.82, 2.24) is 5.32 Å². The first-order valence-corrected chi connectivity index (χ1v) is 8.90. The van der Waals surface area contributed by atoms with Gasteiger partial charge in [-0.2, -0.15) is 0 Å². The van der Waals surface area contributed by atoms with Crippen LogP contribution in [0.4, 0.5) is 0 Å². The summed E-state index contributed by atoms with van der Waals surface area (Å²) in [5.74, 6) is 1.74. The highest BCUT2D eigenvalue weighted by Gasteiger charge is 2.38. The van der Waals surface area contributed by atoms with Crippen molar-refractivity contribution in [2.45, 2.75) is 96.8 Å². The minimum atomic E-state index is 0.124. The Morgan fingerprint density at radius 2 is 1.75 bits per heavy atom. The van der Waals surface area contributed by atoms with Gasteiger partial charge in [-0.3, -0.25) is 0 Å². The van der Waals surface area contributed by atoms with E-state index in [1.165, 1.54) is 51.4 Å². The molecule has 0 bridgehead atoms. The second-order valence-electron chi connectivity index (χ2n) is 7.91. The lowest BCUT2D eigenvalue weighted by Crippen LogP contribution is -2.49. The van der Waals surface area contributed by atoms with Gasteiger partial charge in [0.25, 0.3) is 0 Å². The summed E-state index contributed by atoms with van der Waals surface area (Å²) in [5.41, 5.74) is 0.124. The Morgan fingerprint density at radius 3 is 2.35 bits per heavy atom. The molecule has 2 aliphatic rings. The molecule has 20 heavy (non-hydrogen) atoms. The lowest BCUT2D eigenvalue weighted by molar-refractivity contribution is -0.131. The SMILES string of the molecule is CC1CCC(CNC(C)C)(OC2CCCC(C)C2)CC1. The van der Waals surface area contributed by atoms with Crippen LogP contribution >= 0.6 is 0 Å². The third-order valence-corrected chi connectivity index (χ3v) is 5.32. The molecule has 2 heteroatoms. The maximum atomic E-state index is 6.73. The molecule has 0 saturated heterocycles. The van der Waals surface area contributed by atoms with E-state index in [-0.39, 0.29) is 5.60 Å². The molecule has 0 spiro atoms. The van der Waals surface area contributed by atoms with Gasteiger partial charge in [0.1, 0.15) is 0 Å². The fourth-order valence-electron chi connectivity index (χ4n) is 3.85. The van der Waals surface area contributed by atoms with Crippen LogP contribution in [0.25, 0.3) is 0 Å². The number of ether oxygens (including phenoxy) is 1. The van der Waals surface area contributed by atoms with Crippen molar-refractivity contribution in [3.05, 3.63) is 0 Å². The van der Waals surface area contributed by atoms with Crippen molar-refractivity contribution >= 4 is 0 Å². The lowest BCUT2D eigenvalue weighted by atomic mass is 9.78. The highest BCUT2D eigenvalue weighted by molar-refractivity contribution is 4.90. The van der Waals surface area contributed by atoms with Gasteiger partial charge in [-0.05, 0) is 50.4 Å². The molecule has 2 nitrogen and oxygen atoms in total. The Labute approximate surface area is 126 Å². The predicted molar refractivity (Wildman–Crippen MR) is 86.0 cm³/mol. The van der Waals surface area contributed by atoms with Crippen molar-refractivity contribution in [2.24, 2.45) is 11.8 Å². The highest BCUT2D eigenvalue weighted by Crippen LogP contribution is 2.38. The third kappa shape index (κ3) is 4.73. The number of nitrogens with one attached hydrogen (secondary N) is 1. The standard InChI is InChI=1S/C18H35NO/c1-14(2)19-13-18(10-8-15(3)9-11-18)20-17-7-5-6-16(4)12-17/h14-17,19H,5-13H2,1-4H3. The van der Waals surface area contributed by atoms with Gasteiger partial charge in [0, 0.05) is 12.6 Å². The number of rotatable bonds is 5. The summed E-state index contributed by atoms with van der Waals surface area (Å²) in [5, 5.41) is 3.65. The minimum absolute atomic E-state index is 0.124. The summed E-state index contributed by atoms with van der Waals surface area (Å²) in [4.78, 5) is 0. The summed E-state index contributed by atoms with van der Waals surface area (Å²) in [6, 6.07) is 0.556. The molecule has 2 aliphatic carbocycles. The summed E-state index contributed by atoms with van der Waals surface area (Å²) >= 11 is 0. The summed E-state index contributed by atoms with van der Waals surface area (Å²) in [6.07, 6.45) is 11.0. The molecular formula is C18H35NO. The fraction of sp³-hybridized carbons (Fsp3) is 1.00. The first kappa shape index (κ1) is 16.3. The average molecular weight is 281 g/mol. The Kier molecular flexibility index (Phi) is 5.92. The zero-order chi connectivity index (χ0) is 14.6. The minimum Gasteiger partial charge on any atom is -0.370 e. The summed E-state index contributed by atoms with van der Waals surface area (Å²) in [7, 11) is 0. The molecule has 0 aromatic heterocycles. The summed E-state index contributed by atoms with van der Waals surface area (Å²) in [6.45, 7) is 10.3. The number of hydrogen-bond acceptors (Lipinski definition) is 2. The molecule has 2 saturated carbocycles. The third-order valence-electron chi connectivity index (χ3n) is 5.32. The van der Waals surface area contributed by atoms with Crippen LogP contribution < -0.4 is 5.32 Å².